The van der Waals surface area contributed by atoms with Crippen molar-refractivity contribution in [2.24, 2.45) is 23.7 Å². The molecule has 24 heavy (non-hydrogen) atoms. The number of hydrogen-bond acceptors (Lipinski definition) is 4. The van der Waals surface area contributed by atoms with Crippen LogP contribution in [0.1, 0.15) is 47.4 Å². The van der Waals surface area contributed by atoms with Gasteiger partial charge in [0.2, 0.25) is 0 Å². The minimum Gasteiger partial charge on any atom is -0.338 e. The molecule has 2 bridgehead atoms. The third kappa shape index (κ3) is 1.96. The Morgan fingerprint density at radius 2 is 1.75 bits per heavy atom. The van der Waals surface area contributed by atoms with Gasteiger partial charge in [-0.3, -0.25) is 4.79 Å². The van der Waals surface area contributed by atoms with E-state index in [0.29, 0.717) is 11.3 Å². The Kier molecular flexibility index (Phi) is 3.03. The Morgan fingerprint density at radius 3 is 2.38 bits per heavy atom. The molecule has 1 amide bonds. The van der Waals surface area contributed by atoms with Crippen LogP contribution in [0.15, 0.2) is 10.6 Å². The van der Waals surface area contributed by atoms with Crippen molar-refractivity contribution in [3.63, 3.8) is 0 Å². The van der Waals surface area contributed by atoms with Gasteiger partial charge in [0.1, 0.15) is 0 Å². The summed E-state index contributed by atoms with van der Waals surface area (Å²) in [7, 11) is 0. The second-order valence-corrected chi connectivity index (χ2v) is 7.97. The van der Waals surface area contributed by atoms with Crippen LogP contribution < -0.4 is 0 Å². The molecule has 0 aromatic carbocycles. The Bertz CT molecular complexity index is 799. The van der Waals surface area contributed by atoms with Crippen molar-refractivity contribution in [2.75, 3.05) is 13.1 Å². The van der Waals surface area contributed by atoms with Crippen LogP contribution in [0.4, 0.5) is 0 Å². The Morgan fingerprint density at radius 1 is 1.12 bits per heavy atom. The van der Waals surface area contributed by atoms with Crippen molar-refractivity contribution < 1.29 is 9.32 Å². The Balaban J connectivity index is 1.50. The lowest BCUT2D eigenvalue weighted by molar-refractivity contribution is 0.0577. The molecule has 0 unspecified atom stereocenters. The number of hydrogen-bond donors (Lipinski definition) is 0. The molecule has 3 aliphatic carbocycles. The summed E-state index contributed by atoms with van der Waals surface area (Å²) in [5, 5.41) is 4.79. The summed E-state index contributed by atoms with van der Waals surface area (Å²) in [6.45, 7) is 5.64. The molecule has 2 aromatic heterocycles. The number of fused-ring (bicyclic) bond motifs is 3. The molecule has 0 spiro atoms. The first-order chi connectivity index (χ1) is 11.6. The van der Waals surface area contributed by atoms with Crippen LogP contribution in [0.25, 0.3) is 11.1 Å². The van der Waals surface area contributed by atoms with Gasteiger partial charge in [-0.25, -0.2) is 4.98 Å². The Hall–Kier alpha value is -1.91. The predicted molar refractivity (Wildman–Crippen MR) is 89.6 cm³/mol. The lowest BCUT2D eigenvalue weighted by atomic mass is 9.60. The molecular weight excluding hydrogens is 302 g/mol. The highest BCUT2D eigenvalue weighted by Crippen LogP contribution is 2.52. The number of aromatic nitrogens is 2. The van der Waals surface area contributed by atoms with Crippen LogP contribution in [0.3, 0.4) is 0 Å². The standard InChI is InChI=1S/C19H23N3O2/c1-10-7-14(17-11(2)21-24-18(17)20-10)19(23)22-8-15-12-3-4-13(6-5-12)16(15)9-22/h7,12-13,15-16H,3-6,8-9H2,1-2H3/t12?,13?,15-,16+. The predicted octanol–water partition coefficient (Wildman–Crippen LogP) is 3.35. The summed E-state index contributed by atoms with van der Waals surface area (Å²) in [4.78, 5) is 19.7. The molecule has 4 fully saturated rings. The van der Waals surface area contributed by atoms with Crippen LogP contribution in [0, 0.1) is 37.5 Å². The van der Waals surface area contributed by atoms with Crippen molar-refractivity contribution in [1.82, 2.24) is 15.0 Å². The quantitative estimate of drug-likeness (QED) is 0.807. The van der Waals surface area contributed by atoms with Gasteiger partial charge >= 0.3 is 0 Å². The third-order valence-corrected chi connectivity index (χ3v) is 6.70. The second kappa shape index (κ2) is 5.04. The summed E-state index contributed by atoms with van der Waals surface area (Å²) < 4.78 is 5.29. The highest BCUT2D eigenvalue weighted by atomic mass is 16.5. The van der Waals surface area contributed by atoms with Gasteiger partial charge in [-0.2, -0.15) is 0 Å². The molecule has 0 radical (unpaired) electrons. The van der Waals surface area contributed by atoms with Crippen molar-refractivity contribution in [1.29, 1.82) is 0 Å². The van der Waals surface area contributed by atoms with E-state index in [4.69, 9.17) is 4.52 Å². The fraction of sp³-hybridized carbons (Fsp3) is 0.632. The maximum Gasteiger partial charge on any atom is 0.258 e. The van der Waals surface area contributed by atoms with Gasteiger partial charge in [0.15, 0.2) is 0 Å². The average molecular weight is 325 g/mol. The number of carbonyl (C=O) groups is 1. The molecular formula is C19H23N3O2. The molecule has 3 saturated carbocycles. The zero-order valence-corrected chi connectivity index (χ0v) is 14.3. The molecule has 2 atom stereocenters. The van der Waals surface area contributed by atoms with E-state index in [1.807, 2.05) is 19.9 Å². The monoisotopic (exact) mass is 325 g/mol. The first-order valence-electron chi connectivity index (χ1n) is 9.14. The number of amides is 1. The molecule has 6 rings (SSSR count). The van der Waals surface area contributed by atoms with E-state index in [0.717, 1.165) is 53.5 Å². The minimum atomic E-state index is 0.130. The molecule has 1 saturated heterocycles. The van der Waals surface area contributed by atoms with E-state index in [9.17, 15) is 4.79 Å². The molecule has 5 heteroatoms. The van der Waals surface area contributed by atoms with Gasteiger partial charge < -0.3 is 9.42 Å². The summed E-state index contributed by atoms with van der Waals surface area (Å²) in [6.07, 6.45) is 5.49. The molecule has 3 heterocycles. The molecule has 126 valence electrons. The minimum absolute atomic E-state index is 0.130. The van der Waals surface area contributed by atoms with E-state index >= 15 is 0 Å². The molecule has 0 N–H and O–H groups in total. The van der Waals surface area contributed by atoms with Gasteiger partial charge in [-0.05, 0) is 69.3 Å². The van der Waals surface area contributed by atoms with Gasteiger partial charge in [0.25, 0.3) is 11.6 Å². The van der Waals surface area contributed by atoms with Crippen LogP contribution in [-0.2, 0) is 0 Å². The van der Waals surface area contributed by atoms with Crippen molar-refractivity contribution >= 4 is 17.0 Å². The molecule has 1 aliphatic heterocycles. The fourth-order valence-electron chi connectivity index (χ4n) is 5.58. The lowest BCUT2D eigenvalue weighted by Gasteiger charge is -2.44. The normalized spacial score (nSPS) is 31.7. The van der Waals surface area contributed by atoms with Crippen LogP contribution in [0.5, 0.6) is 0 Å². The van der Waals surface area contributed by atoms with E-state index < -0.39 is 0 Å². The molecule has 2 aromatic rings. The summed E-state index contributed by atoms with van der Waals surface area (Å²) in [6, 6.07) is 1.89. The van der Waals surface area contributed by atoms with Gasteiger partial charge in [0, 0.05) is 18.8 Å². The zero-order chi connectivity index (χ0) is 16.4. The molecule has 4 aliphatic rings. The lowest BCUT2D eigenvalue weighted by Crippen LogP contribution is -2.38. The third-order valence-electron chi connectivity index (χ3n) is 6.70. The zero-order valence-electron chi connectivity index (χ0n) is 14.3. The topological polar surface area (TPSA) is 59.2 Å². The number of pyridine rings is 1. The fourth-order valence-corrected chi connectivity index (χ4v) is 5.58. The number of nitrogens with zero attached hydrogens (tertiary/aromatic N) is 3. The van der Waals surface area contributed by atoms with Gasteiger partial charge in [-0.15, -0.1) is 0 Å². The van der Waals surface area contributed by atoms with Gasteiger partial charge in [-0.1, -0.05) is 5.16 Å². The van der Waals surface area contributed by atoms with E-state index in [-0.39, 0.29) is 5.91 Å². The second-order valence-electron chi connectivity index (χ2n) is 7.97. The SMILES string of the molecule is Cc1cc(C(=O)N2C[C@@H]3C4CCC(CC4)[C@@H]3C2)c2c(C)noc2n1. The number of aryl methyl sites for hydroxylation is 2. The van der Waals surface area contributed by atoms with E-state index in [1.165, 1.54) is 25.7 Å². The first-order valence-corrected chi connectivity index (χ1v) is 9.14. The van der Waals surface area contributed by atoms with Crippen molar-refractivity contribution in [2.45, 2.75) is 39.5 Å². The van der Waals surface area contributed by atoms with Crippen molar-refractivity contribution in [3.05, 3.63) is 23.0 Å². The maximum atomic E-state index is 13.3. The molecule has 5 nitrogen and oxygen atoms in total. The van der Waals surface area contributed by atoms with Crippen LogP contribution >= 0.6 is 0 Å². The van der Waals surface area contributed by atoms with Gasteiger partial charge in [0.05, 0.1) is 16.6 Å². The maximum absolute atomic E-state index is 13.3. The van der Waals surface area contributed by atoms with E-state index in [1.54, 1.807) is 0 Å². The number of likely N-dealkylation sites (tertiary alicyclic amines) is 1. The van der Waals surface area contributed by atoms with Crippen LogP contribution in [-0.4, -0.2) is 34.0 Å². The Labute approximate surface area is 141 Å². The first kappa shape index (κ1) is 14.4. The smallest absolute Gasteiger partial charge is 0.258 e. The summed E-state index contributed by atoms with van der Waals surface area (Å²) in [5.74, 6) is 3.26. The summed E-state index contributed by atoms with van der Waals surface area (Å²) >= 11 is 0. The van der Waals surface area contributed by atoms with E-state index in [2.05, 4.69) is 15.0 Å². The summed E-state index contributed by atoms with van der Waals surface area (Å²) in [5.41, 5.74) is 2.74. The number of carbonyl (C=O) groups excluding carboxylic acids is 1. The van der Waals surface area contributed by atoms with Crippen molar-refractivity contribution in [3.8, 4) is 0 Å². The highest BCUT2D eigenvalue weighted by Gasteiger charge is 2.49. The largest absolute Gasteiger partial charge is 0.338 e. The highest BCUT2D eigenvalue weighted by molar-refractivity contribution is 6.06. The van der Waals surface area contributed by atoms with Crippen LogP contribution in [0.2, 0.25) is 0 Å². The average Bonchev–Trinajstić information content (AvgIpc) is 3.20. The number of rotatable bonds is 1.